The second kappa shape index (κ2) is 7.35. The number of ether oxygens (including phenoxy) is 1. The lowest BCUT2D eigenvalue weighted by Crippen LogP contribution is -2.20. The quantitative estimate of drug-likeness (QED) is 0.881. The van der Waals surface area contributed by atoms with Crippen molar-refractivity contribution in [3.8, 4) is 0 Å². The Hall–Kier alpha value is -2.54. The van der Waals surface area contributed by atoms with Crippen molar-refractivity contribution in [2.24, 2.45) is 0 Å². The van der Waals surface area contributed by atoms with Gasteiger partial charge in [0.15, 0.2) is 0 Å². The highest BCUT2D eigenvalue weighted by molar-refractivity contribution is 6.03. The summed E-state index contributed by atoms with van der Waals surface area (Å²) in [5.74, 6) is 0.0434. The first-order chi connectivity index (χ1) is 11.6. The van der Waals surface area contributed by atoms with Crippen LogP contribution in [0, 0.1) is 12.7 Å². The van der Waals surface area contributed by atoms with Crippen molar-refractivity contribution in [2.75, 3.05) is 23.8 Å². The maximum atomic E-state index is 13.6. The van der Waals surface area contributed by atoms with E-state index >= 15 is 0 Å². The Balaban J connectivity index is 1.70. The summed E-state index contributed by atoms with van der Waals surface area (Å²) in [6.45, 7) is 3.12. The summed E-state index contributed by atoms with van der Waals surface area (Å²) in [6.07, 6.45) is 2.24. The Bertz CT molecular complexity index is 732. The molecular formula is C17H19FN4O2. The number of carbonyl (C=O) groups excluding carboxylic acids is 1. The first-order valence-electron chi connectivity index (χ1n) is 7.89. The molecule has 1 aliphatic heterocycles. The molecular weight excluding hydrogens is 311 g/mol. The van der Waals surface area contributed by atoms with E-state index in [4.69, 9.17) is 4.74 Å². The average Bonchev–Trinajstić information content (AvgIpc) is 3.08. The van der Waals surface area contributed by atoms with Crippen molar-refractivity contribution in [2.45, 2.75) is 25.9 Å². The second-order valence-corrected chi connectivity index (χ2v) is 5.64. The van der Waals surface area contributed by atoms with Gasteiger partial charge in [-0.25, -0.2) is 14.4 Å². The van der Waals surface area contributed by atoms with Crippen molar-refractivity contribution in [1.82, 2.24) is 9.97 Å². The van der Waals surface area contributed by atoms with E-state index in [0.29, 0.717) is 18.2 Å². The molecule has 126 valence electrons. The normalized spacial score (nSPS) is 16.8. The van der Waals surface area contributed by atoms with Gasteiger partial charge in [0.05, 0.1) is 11.8 Å². The van der Waals surface area contributed by atoms with E-state index in [1.165, 1.54) is 12.1 Å². The van der Waals surface area contributed by atoms with Crippen LogP contribution >= 0.6 is 0 Å². The Morgan fingerprint density at radius 2 is 2.21 bits per heavy atom. The summed E-state index contributed by atoms with van der Waals surface area (Å²) in [6, 6.07) is 7.55. The molecule has 1 amide bonds. The fourth-order valence-corrected chi connectivity index (χ4v) is 2.55. The van der Waals surface area contributed by atoms with Crippen LogP contribution in [-0.2, 0) is 4.74 Å². The van der Waals surface area contributed by atoms with Crippen LogP contribution in [0.5, 0.6) is 0 Å². The second-order valence-electron chi connectivity index (χ2n) is 5.64. The number of rotatable bonds is 5. The molecule has 0 radical (unpaired) electrons. The van der Waals surface area contributed by atoms with E-state index in [2.05, 4.69) is 20.6 Å². The molecule has 7 heteroatoms. The molecule has 1 aromatic heterocycles. The molecule has 0 spiro atoms. The fraction of sp³-hybridized carbons (Fsp3) is 0.353. The predicted molar refractivity (Wildman–Crippen MR) is 88.6 cm³/mol. The fourth-order valence-electron chi connectivity index (χ4n) is 2.55. The molecule has 1 saturated heterocycles. The molecule has 1 unspecified atom stereocenters. The van der Waals surface area contributed by atoms with Crippen LogP contribution < -0.4 is 10.6 Å². The molecule has 2 aromatic rings. The number of benzene rings is 1. The lowest BCUT2D eigenvalue weighted by atomic mass is 10.2. The molecule has 0 bridgehead atoms. The zero-order valence-electron chi connectivity index (χ0n) is 13.4. The molecule has 0 saturated carbocycles. The van der Waals surface area contributed by atoms with E-state index in [0.717, 1.165) is 19.4 Å². The third-order valence-corrected chi connectivity index (χ3v) is 3.73. The lowest BCUT2D eigenvalue weighted by molar-refractivity contribution is 0.102. The minimum atomic E-state index is -0.492. The number of halogens is 1. The van der Waals surface area contributed by atoms with Crippen molar-refractivity contribution < 1.29 is 13.9 Å². The molecule has 1 aromatic carbocycles. The van der Waals surface area contributed by atoms with Crippen LogP contribution in [0.1, 0.15) is 29.2 Å². The van der Waals surface area contributed by atoms with Crippen molar-refractivity contribution in [1.29, 1.82) is 0 Å². The van der Waals surface area contributed by atoms with Gasteiger partial charge in [0.25, 0.3) is 5.91 Å². The molecule has 1 aliphatic rings. The minimum Gasteiger partial charge on any atom is -0.376 e. The SMILES string of the molecule is Cc1nc(NCC2CCCO2)cc(C(=O)Nc2ccccc2F)n1. The molecule has 2 heterocycles. The standard InChI is InChI=1S/C17H19FN4O2/c1-11-20-15(17(23)22-14-7-3-2-6-13(14)18)9-16(21-11)19-10-12-5-4-8-24-12/h2-3,6-7,9,12H,4-5,8,10H2,1H3,(H,22,23)(H,19,20,21). The summed E-state index contributed by atoms with van der Waals surface area (Å²) < 4.78 is 19.2. The van der Waals surface area contributed by atoms with E-state index in [1.54, 1.807) is 25.1 Å². The Morgan fingerprint density at radius 3 is 2.96 bits per heavy atom. The topological polar surface area (TPSA) is 76.1 Å². The highest BCUT2D eigenvalue weighted by Crippen LogP contribution is 2.16. The van der Waals surface area contributed by atoms with Gasteiger partial charge in [-0.05, 0) is 31.9 Å². The number of amides is 1. The van der Waals surface area contributed by atoms with Gasteiger partial charge in [-0.1, -0.05) is 12.1 Å². The molecule has 24 heavy (non-hydrogen) atoms. The van der Waals surface area contributed by atoms with Gasteiger partial charge >= 0.3 is 0 Å². The van der Waals surface area contributed by atoms with E-state index in [-0.39, 0.29) is 17.5 Å². The van der Waals surface area contributed by atoms with Crippen LogP contribution in [0.2, 0.25) is 0 Å². The summed E-state index contributed by atoms with van der Waals surface area (Å²) in [5, 5.41) is 5.69. The first kappa shape index (κ1) is 16.3. The highest BCUT2D eigenvalue weighted by atomic mass is 19.1. The van der Waals surface area contributed by atoms with Crippen LogP contribution in [0.25, 0.3) is 0 Å². The highest BCUT2D eigenvalue weighted by Gasteiger charge is 2.16. The Labute approximate surface area is 139 Å². The van der Waals surface area contributed by atoms with Crippen molar-refractivity contribution in [3.63, 3.8) is 0 Å². The Kier molecular flexibility index (Phi) is 5.00. The molecule has 6 nitrogen and oxygen atoms in total. The van der Waals surface area contributed by atoms with Gasteiger partial charge < -0.3 is 15.4 Å². The van der Waals surface area contributed by atoms with Crippen LogP contribution in [-0.4, -0.2) is 35.1 Å². The van der Waals surface area contributed by atoms with Crippen molar-refractivity contribution in [3.05, 3.63) is 47.7 Å². The van der Waals surface area contributed by atoms with Crippen LogP contribution in [0.4, 0.5) is 15.9 Å². The summed E-state index contributed by atoms with van der Waals surface area (Å²) >= 11 is 0. The number of aryl methyl sites for hydroxylation is 1. The lowest BCUT2D eigenvalue weighted by Gasteiger charge is -2.12. The third kappa shape index (κ3) is 4.05. The van der Waals surface area contributed by atoms with Crippen LogP contribution in [0.15, 0.2) is 30.3 Å². The van der Waals surface area contributed by atoms with Gasteiger partial charge in [-0.3, -0.25) is 4.79 Å². The number of hydrogen-bond acceptors (Lipinski definition) is 5. The van der Waals surface area contributed by atoms with Crippen LogP contribution in [0.3, 0.4) is 0 Å². The average molecular weight is 330 g/mol. The number of anilines is 2. The minimum absolute atomic E-state index is 0.118. The molecule has 0 aliphatic carbocycles. The smallest absolute Gasteiger partial charge is 0.274 e. The number of nitrogens with one attached hydrogen (secondary N) is 2. The van der Waals surface area contributed by atoms with E-state index in [1.807, 2.05) is 0 Å². The zero-order chi connectivity index (χ0) is 16.9. The van der Waals surface area contributed by atoms with Gasteiger partial charge in [-0.15, -0.1) is 0 Å². The van der Waals surface area contributed by atoms with Gasteiger partial charge in [-0.2, -0.15) is 0 Å². The zero-order valence-corrected chi connectivity index (χ0v) is 13.4. The van der Waals surface area contributed by atoms with Gasteiger partial charge in [0.2, 0.25) is 0 Å². The number of nitrogens with zero attached hydrogens (tertiary/aromatic N) is 2. The summed E-state index contributed by atoms with van der Waals surface area (Å²) in [4.78, 5) is 20.7. The van der Waals surface area contributed by atoms with Crippen molar-refractivity contribution >= 4 is 17.4 Å². The maximum Gasteiger partial charge on any atom is 0.274 e. The predicted octanol–water partition coefficient (Wildman–Crippen LogP) is 2.77. The first-order valence-corrected chi connectivity index (χ1v) is 7.89. The van der Waals surface area contributed by atoms with E-state index in [9.17, 15) is 9.18 Å². The molecule has 1 fully saturated rings. The summed E-state index contributed by atoms with van der Waals surface area (Å²) in [5.41, 5.74) is 0.299. The molecule has 1 atom stereocenters. The number of hydrogen-bond donors (Lipinski definition) is 2. The monoisotopic (exact) mass is 330 g/mol. The molecule has 2 N–H and O–H groups in total. The molecule has 3 rings (SSSR count). The number of para-hydroxylation sites is 1. The Morgan fingerprint density at radius 1 is 1.38 bits per heavy atom. The largest absolute Gasteiger partial charge is 0.376 e. The van der Waals surface area contributed by atoms with E-state index < -0.39 is 11.7 Å². The maximum absolute atomic E-state index is 13.6. The van der Waals surface area contributed by atoms with Gasteiger partial charge in [0, 0.05) is 19.2 Å². The number of aromatic nitrogens is 2. The third-order valence-electron chi connectivity index (χ3n) is 3.73. The summed E-state index contributed by atoms with van der Waals surface area (Å²) in [7, 11) is 0. The number of carbonyl (C=O) groups is 1. The van der Waals surface area contributed by atoms with Gasteiger partial charge in [0.1, 0.15) is 23.2 Å².